The fraction of sp³-hybridized carbons (Fsp3) is 0.300. The van der Waals surface area contributed by atoms with Crippen LogP contribution in [0.1, 0.15) is 27.9 Å². The molecule has 0 bridgehead atoms. The second-order valence-corrected chi connectivity index (χ2v) is 6.15. The summed E-state index contributed by atoms with van der Waals surface area (Å²) in [5.41, 5.74) is 3.80. The number of aryl methyl sites for hydroxylation is 1. The second-order valence-electron chi connectivity index (χ2n) is 6.15. The number of anilines is 2. The van der Waals surface area contributed by atoms with Crippen molar-refractivity contribution in [1.82, 2.24) is 0 Å². The van der Waals surface area contributed by atoms with Gasteiger partial charge in [0.1, 0.15) is 0 Å². The molecule has 1 amide bonds. The van der Waals surface area contributed by atoms with Crippen LogP contribution in [0.3, 0.4) is 0 Å². The Kier molecular flexibility index (Phi) is 5.01. The van der Waals surface area contributed by atoms with Gasteiger partial charge in [-0.25, -0.2) is 0 Å². The second kappa shape index (κ2) is 7.37. The number of nitriles is 1. The molecule has 1 aliphatic heterocycles. The van der Waals surface area contributed by atoms with Gasteiger partial charge in [-0.05, 0) is 49.2 Å². The maximum atomic E-state index is 13.1. The summed E-state index contributed by atoms with van der Waals surface area (Å²) in [6.45, 7) is 3.89. The zero-order chi connectivity index (χ0) is 17.8. The van der Waals surface area contributed by atoms with E-state index < -0.39 is 0 Å². The topological polar surface area (TPSA) is 67.6 Å². The summed E-state index contributed by atoms with van der Waals surface area (Å²) in [5, 5.41) is 18.4. The van der Waals surface area contributed by atoms with Gasteiger partial charge in [0.15, 0.2) is 0 Å². The zero-order valence-electron chi connectivity index (χ0n) is 14.3. The van der Waals surface area contributed by atoms with Gasteiger partial charge in [0.2, 0.25) is 0 Å². The maximum absolute atomic E-state index is 13.1. The van der Waals surface area contributed by atoms with Crippen LogP contribution in [-0.2, 0) is 0 Å². The van der Waals surface area contributed by atoms with Gasteiger partial charge in [-0.2, -0.15) is 5.26 Å². The van der Waals surface area contributed by atoms with Crippen molar-refractivity contribution < 1.29 is 9.90 Å². The lowest BCUT2D eigenvalue weighted by atomic mass is 10.0. The van der Waals surface area contributed by atoms with E-state index >= 15 is 0 Å². The van der Waals surface area contributed by atoms with E-state index in [1.165, 1.54) is 0 Å². The van der Waals surface area contributed by atoms with Crippen LogP contribution in [0.25, 0.3) is 0 Å². The van der Waals surface area contributed by atoms with Crippen molar-refractivity contribution in [3.63, 3.8) is 0 Å². The molecule has 1 heterocycles. The summed E-state index contributed by atoms with van der Waals surface area (Å²) in [4.78, 5) is 17.0. The molecule has 5 heteroatoms. The van der Waals surface area contributed by atoms with Crippen molar-refractivity contribution in [2.24, 2.45) is 0 Å². The van der Waals surface area contributed by atoms with Crippen LogP contribution in [0.5, 0.6) is 0 Å². The molecule has 3 rings (SSSR count). The molecule has 5 nitrogen and oxygen atoms in total. The van der Waals surface area contributed by atoms with E-state index in [2.05, 4.69) is 11.0 Å². The van der Waals surface area contributed by atoms with Crippen LogP contribution in [0.2, 0.25) is 0 Å². The fourth-order valence-electron chi connectivity index (χ4n) is 3.26. The van der Waals surface area contributed by atoms with E-state index in [9.17, 15) is 9.90 Å². The summed E-state index contributed by atoms with van der Waals surface area (Å²) >= 11 is 0. The summed E-state index contributed by atoms with van der Waals surface area (Å²) in [6, 6.07) is 15.1. The summed E-state index contributed by atoms with van der Waals surface area (Å²) in [7, 11) is 0. The molecular formula is C20H21N3O2. The van der Waals surface area contributed by atoms with Crippen molar-refractivity contribution in [1.29, 1.82) is 5.26 Å². The van der Waals surface area contributed by atoms with E-state index in [0.29, 0.717) is 24.2 Å². The van der Waals surface area contributed by atoms with Gasteiger partial charge < -0.3 is 14.9 Å². The molecule has 0 saturated heterocycles. The number of rotatable bonds is 3. The number of carbonyl (C=O) groups is 1. The minimum Gasteiger partial charge on any atom is -0.395 e. The lowest BCUT2D eigenvalue weighted by molar-refractivity contribution is 0.0987. The third-order valence-corrected chi connectivity index (χ3v) is 4.53. The molecule has 0 atom stereocenters. The Hall–Kier alpha value is -2.84. The van der Waals surface area contributed by atoms with E-state index in [1.54, 1.807) is 23.1 Å². The average Bonchev–Trinajstić information content (AvgIpc) is 2.81. The molecule has 0 saturated carbocycles. The van der Waals surface area contributed by atoms with Gasteiger partial charge in [0.05, 0.1) is 29.6 Å². The number of amides is 1. The minimum atomic E-state index is -0.0640. The Bertz CT molecular complexity index is 826. The number of carbonyl (C=O) groups excluding carboxylic acids is 1. The molecular weight excluding hydrogens is 314 g/mol. The molecule has 0 unspecified atom stereocenters. The molecule has 25 heavy (non-hydrogen) atoms. The maximum Gasteiger partial charge on any atom is 0.258 e. The number of aliphatic hydroxyl groups is 1. The molecule has 1 aliphatic rings. The third-order valence-electron chi connectivity index (χ3n) is 4.53. The van der Waals surface area contributed by atoms with Crippen molar-refractivity contribution >= 4 is 17.3 Å². The monoisotopic (exact) mass is 335 g/mol. The van der Waals surface area contributed by atoms with Gasteiger partial charge in [-0.15, -0.1) is 0 Å². The van der Waals surface area contributed by atoms with E-state index in [-0.39, 0.29) is 12.5 Å². The number of β-amino-alcohol motifs (C(OH)–C–C–N with tert-alkyl or cyclic N) is 1. The Morgan fingerprint density at radius 1 is 1.20 bits per heavy atom. The van der Waals surface area contributed by atoms with Crippen LogP contribution >= 0.6 is 0 Å². The predicted octanol–water partition coefficient (Wildman–Crippen LogP) is 2.72. The first-order valence-electron chi connectivity index (χ1n) is 8.43. The van der Waals surface area contributed by atoms with Gasteiger partial charge in [0, 0.05) is 25.2 Å². The Morgan fingerprint density at radius 2 is 1.96 bits per heavy atom. The van der Waals surface area contributed by atoms with Gasteiger partial charge >= 0.3 is 0 Å². The number of fused-ring (bicyclic) bond motifs is 1. The van der Waals surface area contributed by atoms with Crippen molar-refractivity contribution in [2.45, 2.75) is 13.3 Å². The van der Waals surface area contributed by atoms with E-state index in [0.717, 1.165) is 29.9 Å². The number of hydrogen-bond acceptors (Lipinski definition) is 4. The number of aliphatic hydroxyl groups excluding tert-OH is 1. The first-order valence-corrected chi connectivity index (χ1v) is 8.43. The average molecular weight is 335 g/mol. The van der Waals surface area contributed by atoms with Crippen molar-refractivity contribution in [3.8, 4) is 6.07 Å². The molecule has 0 radical (unpaired) electrons. The van der Waals surface area contributed by atoms with Crippen LogP contribution in [-0.4, -0.2) is 37.3 Å². The van der Waals surface area contributed by atoms with Crippen molar-refractivity contribution in [3.05, 3.63) is 59.2 Å². The normalized spacial score (nSPS) is 13.8. The third kappa shape index (κ3) is 3.35. The highest BCUT2D eigenvalue weighted by Crippen LogP contribution is 2.33. The van der Waals surface area contributed by atoms with Crippen LogP contribution in [0.4, 0.5) is 11.4 Å². The molecule has 1 N–H and O–H groups in total. The van der Waals surface area contributed by atoms with Gasteiger partial charge in [-0.3, -0.25) is 4.79 Å². The zero-order valence-corrected chi connectivity index (χ0v) is 14.3. The van der Waals surface area contributed by atoms with Crippen LogP contribution in [0.15, 0.2) is 42.5 Å². The molecule has 2 aromatic carbocycles. The first kappa shape index (κ1) is 17.0. The Labute approximate surface area is 147 Å². The molecule has 0 aliphatic carbocycles. The minimum absolute atomic E-state index is 0.0640. The number of para-hydroxylation sites is 2. The van der Waals surface area contributed by atoms with Crippen LogP contribution in [0, 0.1) is 18.3 Å². The van der Waals surface area contributed by atoms with Crippen LogP contribution < -0.4 is 9.80 Å². The molecule has 2 aromatic rings. The fourth-order valence-corrected chi connectivity index (χ4v) is 3.26. The largest absolute Gasteiger partial charge is 0.395 e. The lowest BCUT2D eigenvalue weighted by Gasteiger charge is -2.26. The summed E-state index contributed by atoms with van der Waals surface area (Å²) in [5.74, 6) is -0.0640. The van der Waals surface area contributed by atoms with E-state index in [4.69, 9.17) is 5.26 Å². The molecule has 0 fully saturated rings. The van der Waals surface area contributed by atoms with Crippen molar-refractivity contribution in [2.75, 3.05) is 36.0 Å². The highest BCUT2D eigenvalue weighted by atomic mass is 16.3. The lowest BCUT2D eigenvalue weighted by Crippen LogP contribution is -2.31. The summed E-state index contributed by atoms with van der Waals surface area (Å²) in [6.07, 6.45) is 0.829. The number of benzene rings is 2. The summed E-state index contributed by atoms with van der Waals surface area (Å²) < 4.78 is 0. The predicted molar refractivity (Wildman–Crippen MR) is 97.9 cm³/mol. The Morgan fingerprint density at radius 3 is 2.64 bits per heavy atom. The highest BCUT2D eigenvalue weighted by molar-refractivity contribution is 6.08. The quantitative estimate of drug-likeness (QED) is 0.936. The Balaban J connectivity index is 1.98. The smallest absolute Gasteiger partial charge is 0.258 e. The number of hydrogen-bond donors (Lipinski definition) is 1. The highest BCUT2D eigenvalue weighted by Gasteiger charge is 2.25. The standard InChI is InChI=1S/C20H21N3O2/c1-15-13-16(7-8-17(15)14-21)20(25)23-10-4-9-22(11-12-24)18-5-2-3-6-19(18)23/h2-3,5-8,13,24H,4,9-12H2,1H3. The first-order chi connectivity index (χ1) is 12.2. The van der Waals surface area contributed by atoms with E-state index in [1.807, 2.05) is 31.2 Å². The molecule has 128 valence electrons. The molecule has 0 spiro atoms. The molecule has 0 aromatic heterocycles. The SMILES string of the molecule is Cc1cc(C(=O)N2CCCN(CCO)c3ccccc32)ccc1C#N. The van der Waals surface area contributed by atoms with Gasteiger partial charge in [0.25, 0.3) is 5.91 Å². The number of nitrogens with zero attached hydrogens (tertiary/aromatic N) is 3. The van der Waals surface area contributed by atoms with Gasteiger partial charge in [-0.1, -0.05) is 12.1 Å².